The molecular weight excluding hydrogens is 779 g/mol. The van der Waals surface area contributed by atoms with E-state index in [1.165, 1.54) is 0 Å². The van der Waals surface area contributed by atoms with Gasteiger partial charge in [-0.3, -0.25) is 34.7 Å². The summed E-state index contributed by atoms with van der Waals surface area (Å²) in [4.78, 5) is 21.1. The summed E-state index contributed by atoms with van der Waals surface area (Å²) in [6.07, 6.45) is -0.641. The van der Waals surface area contributed by atoms with Crippen LogP contribution in [0.4, 0.5) is 0 Å². The van der Waals surface area contributed by atoms with E-state index in [2.05, 4.69) is 287 Å². The summed E-state index contributed by atoms with van der Waals surface area (Å²) < 4.78 is 0. The third-order valence-electron chi connectivity index (χ3n) is 11.7. The van der Waals surface area contributed by atoms with Crippen LogP contribution in [0.1, 0.15) is 242 Å². The van der Waals surface area contributed by atoms with Gasteiger partial charge in [-0.2, -0.15) is 0 Å². The standard InChI is InChI=1S/C53H117N9O/c1-39(2)57(43(3,4)5)41(60(48(18,19)20)49(21,22)23)56(38-63)37-55(42(61(50(24,25)26)51(27,28)29)62(52(30,31)32)53(33,34)35)36-54-40(58(44(6,7)8)45(9,10)11)59(46(12,13)14)47(15,16)17/h39-42,54,63H,36-38H2,1-35H3. The summed E-state index contributed by atoms with van der Waals surface area (Å²) in [6, 6.07) is 0.184. The van der Waals surface area contributed by atoms with Crippen LogP contribution < -0.4 is 5.32 Å². The molecule has 0 aromatic heterocycles. The minimum Gasteiger partial charge on any atom is -0.381 e. The molecule has 0 aliphatic heterocycles. The molecule has 2 N–H and O–H groups in total. The van der Waals surface area contributed by atoms with Crippen LogP contribution in [0, 0.1) is 0 Å². The average Bonchev–Trinajstić information content (AvgIpc) is 2.88. The molecule has 380 valence electrons. The van der Waals surface area contributed by atoms with Crippen LogP contribution in [0.15, 0.2) is 0 Å². The van der Waals surface area contributed by atoms with E-state index in [1.54, 1.807) is 0 Å². The third kappa shape index (κ3) is 17.3. The highest BCUT2D eigenvalue weighted by atomic mass is 16.3. The van der Waals surface area contributed by atoms with Crippen LogP contribution in [-0.4, -0.2) is 150 Å². The van der Waals surface area contributed by atoms with Gasteiger partial charge >= 0.3 is 0 Å². The fraction of sp³-hybridized carbons (Fsp3) is 1.00. The van der Waals surface area contributed by atoms with Crippen molar-refractivity contribution in [1.29, 1.82) is 0 Å². The number of aliphatic hydroxyl groups is 1. The van der Waals surface area contributed by atoms with Crippen molar-refractivity contribution in [2.45, 2.75) is 328 Å². The van der Waals surface area contributed by atoms with Crippen molar-refractivity contribution < 1.29 is 5.11 Å². The van der Waals surface area contributed by atoms with E-state index in [4.69, 9.17) is 0 Å². The van der Waals surface area contributed by atoms with Gasteiger partial charge in [-0.1, -0.05) is 0 Å². The SMILES string of the molecule is CC(C)N(C(N(CO)CN(CNC(N(C(C)(C)C)C(C)(C)C)N(C(C)(C)C)C(C)(C)C)C(N(C(C)(C)C)C(C)(C)C)N(C(C)(C)C)C(C)(C)C)N(C(C)(C)C)C(C)(C)C)C(C)(C)C. The Morgan fingerprint density at radius 1 is 0.333 bits per heavy atom. The molecule has 63 heavy (non-hydrogen) atoms. The molecule has 0 spiro atoms. The highest BCUT2D eigenvalue weighted by Crippen LogP contribution is 2.41. The van der Waals surface area contributed by atoms with Gasteiger partial charge in [0.25, 0.3) is 0 Å². The molecule has 0 aliphatic rings. The Balaban J connectivity index is 9.37. The van der Waals surface area contributed by atoms with E-state index in [1.807, 2.05) is 0 Å². The number of rotatable bonds is 15. The molecule has 0 saturated heterocycles. The number of hydrogen-bond acceptors (Lipinski definition) is 10. The van der Waals surface area contributed by atoms with Gasteiger partial charge in [-0.15, -0.1) is 0 Å². The maximum Gasteiger partial charge on any atom is 0.123 e. The normalized spacial score (nSPS) is 16.4. The van der Waals surface area contributed by atoms with Gasteiger partial charge in [0.05, 0.1) is 20.1 Å². The quantitative estimate of drug-likeness (QED) is 0.155. The van der Waals surface area contributed by atoms with Crippen molar-refractivity contribution in [2.24, 2.45) is 0 Å². The molecular formula is C53H117N9O. The monoisotopic (exact) mass is 896 g/mol. The highest BCUT2D eigenvalue weighted by molar-refractivity contribution is 5.02. The van der Waals surface area contributed by atoms with Crippen LogP contribution in [0.2, 0.25) is 0 Å². The lowest BCUT2D eigenvalue weighted by atomic mass is 9.91. The summed E-state index contributed by atoms with van der Waals surface area (Å²) in [6.45, 7) is 83.3. The van der Waals surface area contributed by atoms with Crippen LogP contribution >= 0.6 is 0 Å². The first-order chi connectivity index (χ1) is 27.1. The smallest absolute Gasteiger partial charge is 0.123 e. The Hall–Kier alpha value is -0.400. The third-order valence-corrected chi connectivity index (χ3v) is 11.7. The van der Waals surface area contributed by atoms with Gasteiger partial charge in [-0.05, 0) is 242 Å². The maximum atomic E-state index is 12.2. The molecule has 10 heteroatoms. The summed E-state index contributed by atoms with van der Waals surface area (Å²) in [5, 5.41) is 16.6. The molecule has 1 unspecified atom stereocenters. The van der Waals surface area contributed by atoms with Crippen LogP contribution in [0.5, 0.6) is 0 Å². The summed E-state index contributed by atoms with van der Waals surface area (Å²) in [7, 11) is 0. The van der Waals surface area contributed by atoms with E-state index in [0.29, 0.717) is 13.3 Å². The average molecular weight is 897 g/mol. The van der Waals surface area contributed by atoms with E-state index in [0.717, 1.165) is 0 Å². The molecule has 0 bridgehead atoms. The molecule has 0 rings (SSSR count). The first-order valence-corrected chi connectivity index (χ1v) is 24.7. The number of aliphatic hydroxyl groups excluding tert-OH is 1. The van der Waals surface area contributed by atoms with Crippen molar-refractivity contribution in [1.82, 2.24) is 44.5 Å². The van der Waals surface area contributed by atoms with Crippen molar-refractivity contribution in [3.05, 3.63) is 0 Å². The molecule has 0 saturated carbocycles. The Bertz CT molecular complexity index is 1230. The van der Waals surface area contributed by atoms with Gasteiger partial charge in [0, 0.05) is 67.0 Å². The summed E-state index contributed by atoms with van der Waals surface area (Å²) in [5.41, 5.74) is -2.44. The first-order valence-electron chi connectivity index (χ1n) is 24.7. The first kappa shape index (κ1) is 62.6. The predicted molar refractivity (Wildman–Crippen MR) is 278 cm³/mol. The van der Waals surface area contributed by atoms with Gasteiger partial charge in [-0.25, -0.2) is 9.80 Å². The number of nitrogens with zero attached hydrogens (tertiary/aromatic N) is 8. The Kier molecular flexibility index (Phi) is 20.2. The van der Waals surface area contributed by atoms with Gasteiger partial charge < -0.3 is 5.11 Å². The molecule has 0 aromatic rings. The predicted octanol–water partition coefficient (Wildman–Crippen LogP) is 11.9. The molecule has 1 atom stereocenters. The Morgan fingerprint density at radius 3 is 0.762 bits per heavy atom. The second-order valence-corrected chi connectivity index (χ2v) is 30.1. The highest BCUT2D eigenvalue weighted by Gasteiger charge is 2.53. The molecule has 0 radical (unpaired) electrons. The van der Waals surface area contributed by atoms with Crippen LogP contribution in [0.3, 0.4) is 0 Å². The van der Waals surface area contributed by atoms with E-state index in [-0.39, 0.29) is 92.6 Å². The summed E-state index contributed by atoms with van der Waals surface area (Å²) >= 11 is 0. The lowest BCUT2D eigenvalue weighted by Crippen LogP contribution is -2.78. The molecule has 0 aliphatic carbocycles. The fourth-order valence-electron chi connectivity index (χ4n) is 12.0. The molecule has 0 aromatic carbocycles. The fourth-order valence-corrected chi connectivity index (χ4v) is 12.0. The number of nitrogens with one attached hydrogen (secondary N) is 1. The lowest BCUT2D eigenvalue weighted by Gasteiger charge is -2.64. The second-order valence-electron chi connectivity index (χ2n) is 30.1. The topological polar surface area (TPSA) is 58.2 Å². The molecule has 0 heterocycles. The minimum atomic E-state index is -0.259. The van der Waals surface area contributed by atoms with Gasteiger partial charge in [0.1, 0.15) is 18.9 Å². The van der Waals surface area contributed by atoms with E-state index >= 15 is 0 Å². The molecule has 10 nitrogen and oxygen atoms in total. The van der Waals surface area contributed by atoms with E-state index < -0.39 is 0 Å². The van der Waals surface area contributed by atoms with Crippen molar-refractivity contribution in [3.8, 4) is 0 Å². The molecule has 0 fully saturated rings. The lowest BCUT2D eigenvalue weighted by molar-refractivity contribution is -0.241. The van der Waals surface area contributed by atoms with E-state index in [9.17, 15) is 5.11 Å². The second kappa shape index (κ2) is 20.3. The maximum absolute atomic E-state index is 12.2. The summed E-state index contributed by atoms with van der Waals surface area (Å²) in [5.74, 6) is 0. The zero-order valence-electron chi connectivity index (χ0n) is 49.5. The zero-order chi connectivity index (χ0) is 51.3. The van der Waals surface area contributed by atoms with Gasteiger partial charge in [0.15, 0.2) is 0 Å². The van der Waals surface area contributed by atoms with Crippen LogP contribution in [0.25, 0.3) is 0 Å². The number of hydrogen-bond donors (Lipinski definition) is 2. The van der Waals surface area contributed by atoms with Gasteiger partial charge in [0.2, 0.25) is 0 Å². The Morgan fingerprint density at radius 2 is 0.571 bits per heavy atom. The largest absolute Gasteiger partial charge is 0.381 e. The van der Waals surface area contributed by atoms with Crippen LogP contribution in [-0.2, 0) is 0 Å². The van der Waals surface area contributed by atoms with Crippen molar-refractivity contribution >= 4 is 0 Å². The zero-order valence-corrected chi connectivity index (χ0v) is 49.5. The molecule has 0 amide bonds. The minimum absolute atomic E-state index is 0.123. The van der Waals surface area contributed by atoms with Crippen molar-refractivity contribution in [2.75, 3.05) is 20.1 Å². The Labute approximate surface area is 396 Å². The van der Waals surface area contributed by atoms with Crippen molar-refractivity contribution in [3.63, 3.8) is 0 Å².